The summed E-state index contributed by atoms with van der Waals surface area (Å²) in [6, 6.07) is 2.34. The fourth-order valence-electron chi connectivity index (χ4n) is 0.899. The van der Waals surface area contributed by atoms with Crippen molar-refractivity contribution in [1.29, 1.82) is 5.26 Å². The zero-order valence-corrected chi connectivity index (χ0v) is 7.58. The highest BCUT2D eigenvalue weighted by atomic mass is 19.4. The summed E-state index contributed by atoms with van der Waals surface area (Å²) in [6.07, 6.45) is -4.70. The van der Waals surface area contributed by atoms with Crippen LogP contribution in [-0.2, 0) is 0 Å². The molecule has 1 aromatic heterocycles. The molecular formula is C8H4F3N3O2. The third-order valence-corrected chi connectivity index (χ3v) is 1.49. The number of anilines is 1. The molecule has 2 N–H and O–H groups in total. The van der Waals surface area contributed by atoms with Gasteiger partial charge in [0.1, 0.15) is 6.07 Å². The zero-order chi connectivity index (χ0) is 12.3. The number of aromatic nitrogens is 1. The number of ether oxygens (including phenoxy) is 1. The molecule has 0 aliphatic heterocycles. The Morgan fingerprint density at radius 1 is 1.56 bits per heavy atom. The highest BCUT2D eigenvalue weighted by Crippen LogP contribution is 2.27. The molecule has 16 heavy (non-hydrogen) atoms. The van der Waals surface area contributed by atoms with E-state index in [1.165, 1.54) is 6.07 Å². The van der Waals surface area contributed by atoms with E-state index in [1.54, 1.807) is 0 Å². The summed E-state index contributed by atoms with van der Waals surface area (Å²) in [5.74, 6) is -0.949. The molecule has 0 aliphatic carbocycles. The average molecular weight is 231 g/mol. The lowest BCUT2D eigenvalue weighted by molar-refractivity contribution is -0.275. The number of hydrogen-bond donors (Lipinski definition) is 1. The number of pyridine rings is 1. The maximum absolute atomic E-state index is 11.9. The Balaban J connectivity index is 3.23. The second kappa shape index (κ2) is 4.06. The Hall–Kier alpha value is -2.30. The molecule has 0 unspecified atom stereocenters. The van der Waals surface area contributed by atoms with Gasteiger partial charge in [-0.05, 0) is 6.07 Å². The van der Waals surface area contributed by atoms with Crippen LogP contribution in [0.5, 0.6) is 5.88 Å². The van der Waals surface area contributed by atoms with Crippen LogP contribution in [0.1, 0.15) is 16.1 Å². The normalized spacial score (nSPS) is 10.6. The summed E-state index contributed by atoms with van der Waals surface area (Å²) in [6.45, 7) is 0. The first kappa shape index (κ1) is 11.8. The van der Waals surface area contributed by atoms with E-state index in [2.05, 4.69) is 9.72 Å². The number of nitriles is 1. The maximum atomic E-state index is 11.9. The van der Waals surface area contributed by atoms with Gasteiger partial charge in [0, 0.05) is 0 Å². The van der Waals surface area contributed by atoms with Crippen molar-refractivity contribution in [1.82, 2.24) is 4.98 Å². The Kier molecular flexibility index (Phi) is 2.99. The number of hydrogen-bond acceptors (Lipinski definition) is 5. The van der Waals surface area contributed by atoms with E-state index in [-0.39, 0.29) is 11.8 Å². The minimum atomic E-state index is -4.96. The first-order valence-electron chi connectivity index (χ1n) is 3.79. The Bertz CT molecular complexity index is 465. The molecule has 8 heteroatoms. The van der Waals surface area contributed by atoms with Crippen molar-refractivity contribution in [2.24, 2.45) is 0 Å². The number of alkyl halides is 3. The van der Waals surface area contributed by atoms with Gasteiger partial charge in [-0.2, -0.15) is 10.2 Å². The number of aldehydes is 1. The fraction of sp³-hybridized carbons (Fsp3) is 0.125. The number of nitrogens with zero attached hydrogens (tertiary/aromatic N) is 2. The van der Waals surface area contributed by atoms with E-state index in [9.17, 15) is 18.0 Å². The van der Waals surface area contributed by atoms with Gasteiger partial charge in [0.15, 0.2) is 12.0 Å². The molecule has 1 rings (SSSR count). The van der Waals surface area contributed by atoms with Gasteiger partial charge in [0.05, 0.1) is 11.3 Å². The fourth-order valence-corrected chi connectivity index (χ4v) is 0.899. The van der Waals surface area contributed by atoms with Crippen LogP contribution in [0.2, 0.25) is 0 Å². The first-order chi connectivity index (χ1) is 7.37. The summed E-state index contributed by atoms with van der Waals surface area (Å²) in [5.41, 5.74) is 4.02. The third kappa shape index (κ3) is 2.60. The second-order valence-corrected chi connectivity index (χ2v) is 2.60. The lowest BCUT2D eigenvalue weighted by Crippen LogP contribution is -2.19. The second-order valence-electron chi connectivity index (χ2n) is 2.60. The minimum Gasteiger partial charge on any atom is -0.394 e. The highest BCUT2D eigenvalue weighted by Gasteiger charge is 2.33. The lowest BCUT2D eigenvalue weighted by Gasteiger charge is -2.10. The average Bonchev–Trinajstić information content (AvgIpc) is 2.18. The molecule has 0 aromatic carbocycles. The molecule has 0 spiro atoms. The van der Waals surface area contributed by atoms with Gasteiger partial charge in [-0.15, -0.1) is 13.2 Å². The summed E-state index contributed by atoms with van der Waals surface area (Å²) in [5, 5.41) is 8.51. The predicted octanol–water partition coefficient (Wildman–Crippen LogP) is 1.25. The van der Waals surface area contributed by atoms with Crippen LogP contribution >= 0.6 is 0 Å². The zero-order valence-electron chi connectivity index (χ0n) is 7.58. The van der Waals surface area contributed by atoms with Crippen molar-refractivity contribution in [2.45, 2.75) is 6.36 Å². The molecule has 0 fully saturated rings. The first-order valence-corrected chi connectivity index (χ1v) is 3.79. The molecule has 0 bridgehead atoms. The van der Waals surface area contributed by atoms with Crippen LogP contribution < -0.4 is 10.5 Å². The lowest BCUT2D eigenvalue weighted by atomic mass is 10.2. The smallest absolute Gasteiger partial charge is 0.394 e. The molecule has 1 heterocycles. The van der Waals surface area contributed by atoms with Gasteiger partial charge in [-0.3, -0.25) is 4.79 Å². The van der Waals surface area contributed by atoms with Gasteiger partial charge in [0.25, 0.3) is 0 Å². The van der Waals surface area contributed by atoms with Gasteiger partial charge in [0.2, 0.25) is 5.88 Å². The standard InChI is InChI=1S/C8H4F3N3O2/c9-8(10,11)16-7-5(13)1-4(3-15)6(2-12)14-7/h1,3H,13H2. The maximum Gasteiger partial charge on any atom is 0.574 e. The predicted molar refractivity (Wildman–Crippen MR) is 45.4 cm³/mol. The van der Waals surface area contributed by atoms with Gasteiger partial charge in [-0.25, -0.2) is 0 Å². The Morgan fingerprint density at radius 3 is 2.62 bits per heavy atom. The van der Waals surface area contributed by atoms with Crippen molar-refractivity contribution in [2.75, 3.05) is 5.73 Å². The topological polar surface area (TPSA) is 89.0 Å². The van der Waals surface area contributed by atoms with Crippen LogP contribution in [0.25, 0.3) is 0 Å². The number of nitrogens with two attached hydrogens (primary N) is 1. The van der Waals surface area contributed by atoms with Gasteiger partial charge < -0.3 is 10.5 Å². The molecular weight excluding hydrogens is 227 g/mol. The molecule has 5 nitrogen and oxygen atoms in total. The van der Waals surface area contributed by atoms with Crippen LogP contribution in [0.4, 0.5) is 18.9 Å². The largest absolute Gasteiger partial charge is 0.574 e. The van der Waals surface area contributed by atoms with E-state index in [0.29, 0.717) is 0 Å². The van der Waals surface area contributed by atoms with Crippen molar-refractivity contribution in [3.63, 3.8) is 0 Å². The Morgan fingerprint density at radius 2 is 2.19 bits per heavy atom. The summed E-state index contributed by atoms with van der Waals surface area (Å²) in [4.78, 5) is 13.6. The van der Waals surface area contributed by atoms with Crippen molar-refractivity contribution >= 4 is 12.0 Å². The number of carbonyl (C=O) groups excluding carboxylic acids is 1. The van der Waals surface area contributed by atoms with E-state index in [1.807, 2.05) is 0 Å². The molecule has 0 atom stereocenters. The minimum absolute atomic E-state index is 0.200. The molecule has 0 amide bonds. The Labute approximate surface area is 87.3 Å². The molecule has 0 saturated heterocycles. The van der Waals surface area contributed by atoms with Crippen LogP contribution in [0.15, 0.2) is 6.07 Å². The summed E-state index contributed by atoms with van der Waals surface area (Å²) in [7, 11) is 0. The number of carbonyl (C=O) groups is 1. The summed E-state index contributed by atoms with van der Waals surface area (Å²) < 4.78 is 39.1. The van der Waals surface area contributed by atoms with Gasteiger partial charge >= 0.3 is 6.36 Å². The molecule has 0 aliphatic rings. The number of rotatable bonds is 2. The monoisotopic (exact) mass is 231 g/mol. The number of halogens is 3. The van der Waals surface area contributed by atoms with Crippen molar-refractivity contribution < 1.29 is 22.7 Å². The van der Waals surface area contributed by atoms with Crippen LogP contribution in [-0.4, -0.2) is 17.6 Å². The van der Waals surface area contributed by atoms with E-state index >= 15 is 0 Å². The molecule has 1 aromatic rings. The molecule has 0 radical (unpaired) electrons. The quantitative estimate of drug-likeness (QED) is 0.773. The van der Waals surface area contributed by atoms with E-state index < -0.39 is 23.6 Å². The number of nitrogen functional groups attached to an aromatic ring is 1. The molecule has 0 saturated carbocycles. The SMILES string of the molecule is N#Cc1nc(OC(F)(F)F)c(N)cc1C=O. The summed E-state index contributed by atoms with van der Waals surface area (Å²) >= 11 is 0. The van der Waals surface area contributed by atoms with Crippen molar-refractivity contribution in [3.8, 4) is 11.9 Å². The van der Waals surface area contributed by atoms with Crippen LogP contribution in [0.3, 0.4) is 0 Å². The van der Waals surface area contributed by atoms with E-state index in [0.717, 1.165) is 6.07 Å². The molecule has 84 valence electrons. The highest BCUT2D eigenvalue weighted by molar-refractivity contribution is 5.80. The van der Waals surface area contributed by atoms with E-state index in [4.69, 9.17) is 11.0 Å². The van der Waals surface area contributed by atoms with Gasteiger partial charge in [-0.1, -0.05) is 0 Å². The van der Waals surface area contributed by atoms with Crippen LogP contribution in [0, 0.1) is 11.3 Å². The third-order valence-electron chi connectivity index (χ3n) is 1.49. The van der Waals surface area contributed by atoms with Crippen molar-refractivity contribution in [3.05, 3.63) is 17.3 Å².